The Kier molecular flexibility index (Phi) is 2.05. The summed E-state index contributed by atoms with van der Waals surface area (Å²) in [5.74, 6) is 0.0702. The Labute approximate surface area is 61.4 Å². The van der Waals surface area contributed by atoms with Crippen LogP contribution < -0.4 is 0 Å². The van der Waals surface area contributed by atoms with Gasteiger partial charge in [-0.1, -0.05) is 11.6 Å². The van der Waals surface area contributed by atoms with Gasteiger partial charge in [-0.05, 0) is 6.08 Å². The van der Waals surface area contributed by atoms with Crippen molar-refractivity contribution < 1.29 is 9.22 Å². The summed E-state index contributed by atoms with van der Waals surface area (Å²) in [6, 6.07) is 0. The average molecular weight is 163 g/mol. The second kappa shape index (κ2) is 2.64. The normalized spacial score (nSPS) is 27.0. The Hall–Kier alpha value is -0.123. The van der Waals surface area contributed by atoms with Crippen LogP contribution in [0.4, 0.5) is 0 Å². The first-order valence-electron chi connectivity index (χ1n) is 2.66. The molecule has 0 bridgehead atoms. The first-order valence-corrected chi connectivity index (χ1v) is 3.86. The minimum absolute atomic E-state index is 0.0702. The van der Waals surface area contributed by atoms with E-state index in [9.17, 15) is 4.79 Å². The number of hydrogen-bond acceptors (Lipinski definition) is 2. The minimum Gasteiger partial charge on any atom is -0.420 e. The Morgan fingerprint density at radius 3 is 2.78 bits per heavy atom. The van der Waals surface area contributed by atoms with Crippen LogP contribution >= 0.6 is 11.6 Å². The maximum absolute atomic E-state index is 10.6. The van der Waals surface area contributed by atoms with Crippen LogP contribution in [0.3, 0.4) is 0 Å². The summed E-state index contributed by atoms with van der Waals surface area (Å²) >= 11 is 5.61. The van der Waals surface area contributed by atoms with Gasteiger partial charge in [0.25, 0.3) is 0 Å². The van der Waals surface area contributed by atoms with Crippen molar-refractivity contribution in [3.8, 4) is 0 Å². The van der Waals surface area contributed by atoms with Gasteiger partial charge in [0.1, 0.15) is 10.5 Å². The third-order valence-corrected chi connectivity index (χ3v) is 2.20. The minimum atomic E-state index is -0.120. The smallest absolute Gasteiger partial charge is 0.159 e. The van der Waals surface area contributed by atoms with E-state index in [1.807, 2.05) is 0 Å². The number of carbonyl (C=O) groups excluding carboxylic acids is 1. The predicted octanol–water partition coefficient (Wildman–Crippen LogP) is -0.253. The average Bonchev–Trinajstić information content (AvgIpc) is 2.10. The van der Waals surface area contributed by atoms with Crippen molar-refractivity contribution in [2.24, 2.45) is 0 Å². The number of halogens is 1. The summed E-state index contributed by atoms with van der Waals surface area (Å²) in [7, 11) is 0.633. The quantitative estimate of drug-likeness (QED) is 0.497. The van der Waals surface area contributed by atoms with E-state index in [-0.39, 0.29) is 11.9 Å². The van der Waals surface area contributed by atoms with Gasteiger partial charge in [0.15, 0.2) is 5.78 Å². The van der Waals surface area contributed by atoms with Crippen LogP contribution in [0, 0.1) is 0 Å². The van der Waals surface area contributed by atoms with Gasteiger partial charge in [-0.3, -0.25) is 4.79 Å². The van der Waals surface area contributed by atoms with Crippen molar-refractivity contribution in [2.75, 3.05) is 0 Å². The molecule has 0 fully saturated rings. The van der Waals surface area contributed by atoms with E-state index in [1.165, 1.54) is 6.08 Å². The molecule has 0 aromatic carbocycles. The van der Waals surface area contributed by atoms with Crippen LogP contribution in [0.25, 0.3) is 0 Å². The van der Waals surface area contributed by atoms with E-state index >= 15 is 0 Å². The zero-order valence-corrected chi connectivity index (χ0v) is 7.81. The predicted molar refractivity (Wildman–Crippen MR) is 38.4 cm³/mol. The van der Waals surface area contributed by atoms with E-state index in [4.69, 9.17) is 16.0 Å². The number of carbonyl (C=O) groups is 1. The molecule has 0 saturated carbocycles. The molecule has 0 spiro atoms. The monoisotopic (exact) mass is 162 g/mol. The Balaban J connectivity index is 2.64. The standard InChI is InChI=1S/C5H7ClO2Si/c6-4-1-3(7)2-5(4)8-9/h1,5H,2H2,9H3/t5-/m1/s1. The molecule has 1 rings (SSSR count). The molecular formula is C5H7ClO2Si. The van der Waals surface area contributed by atoms with Gasteiger partial charge in [-0.2, -0.15) is 0 Å². The molecule has 0 unspecified atom stereocenters. The lowest BCUT2D eigenvalue weighted by Crippen LogP contribution is -2.08. The fourth-order valence-corrected chi connectivity index (χ4v) is 1.64. The van der Waals surface area contributed by atoms with Gasteiger partial charge in [0, 0.05) is 11.5 Å². The molecule has 2 nitrogen and oxygen atoms in total. The molecule has 9 heavy (non-hydrogen) atoms. The third kappa shape index (κ3) is 1.41. The molecule has 0 radical (unpaired) electrons. The summed E-state index contributed by atoms with van der Waals surface area (Å²) in [4.78, 5) is 10.6. The summed E-state index contributed by atoms with van der Waals surface area (Å²) in [5.41, 5.74) is 0. The molecule has 0 N–H and O–H groups in total. The van der Waals surface area contributed by atoms with E-state index in [0.29, 0.717) is 21.9 Å². The first kappa shape index (κ1) is 6.99. The second-order valence-corrected chi connectivity index (χ2v) is 2.83. The summed E-state index contributed by atoms with van der Waals surface area (Å²) in [6.07, 6.45) is 1.75. The van der Waals surface area contributed by atoms with Gasteiger partial charge < -0.3 is 4.43 Å². The highest BCUT2D eigenvalue weighted by atomic mass is 35.5. The summed E-state index contributed by atoms with van der Waals surface area (Å²) < 4.78 is 5.01. The van der Waals surface area contributed by atoms with Crippen molar-refractivity contribution >= 4 is 27.9 Å². The van der Waals surface area contributed by atoms with E-state index in [2.05, 4.69) is 0 Å². The van der Waals surface area contributed by atoms with Crippen molar-refractivity contribution in [3.05, 3.63) is 11.1 Å². The van der Waals surface area contributed by atoms with Crippen LogP contribution in [0.2, 0.25) is 0 Å². The van der Waals surface area contributed by atoms with Crippen molar-refractivity contribution in [2.45, 2.75) is 12.5 Å². The Morgan fingerprint density at radius 1 is 1.89 bits per heavy atom. The van der Waals surface area contributed by atoms with Crippen LogP contribution in [0.1, 0.15) is 6.42 Å². The van der Waals surface area contributed by atoms with Gasteiger partial charge in [0.05, 0.1) is 6.10 Å². The lowest BCUT2D eigenvalue weighted by atomic mass is 10.3. The largest absolute Gasteiger partial charge is 0.420 e. The van der Waals surface area contributed by atoms with Crippen molar-refractivity contribution in [3.63, 3.8) is 0 Å². The van der Waals surface area contributed by atoms with Crippen LogP contribution in [0.15, 0.2) is 11.1 Å². The number of hydrogen-bond donors (Lipinski definition) is 0. The topological polar surface area (TPSA) is 26.3 Å². The van der Waals surface area contributed by atoms with Gasteiger partial charge in [-0.15, -0.1) is 0 Å². The molecule has 0 saturated heterocycles. The van der Waals surface area contributed by atoms with E-state index in [1.54, 1.807) is 0 Å². The number of allylic oxidation sites excluding steroid dienone is 1. The van der Waals surface area contributed by atoms with Crippen molar-refractivity contribution in [1.82, 2.24) is 0 Å². The highest BCUT2D eigenvalue weighted by Crippen LogP contribution is 2.21. The van der Waals surface area contributed by atoms with Crippen LogP contribution in [0.5, 0.6) is 0 Å². The molecule has 50 valence electrons. The van der Waals surface area contributed by atoms with E-state index in [0.717, 1.165) is 0 Å². The Morgan fingerprint density at radius 2 is 2.56 bits per heavy atom. The zero-order chi connectivity index (χ0) is 6.85. The Bertz CT molecular complexity index is 166. The maximum Gasteiger partial charge on any atom is 0.159 e. The molecule has 4 heteroatoms. The molecule has 0 amide bonds. The molecule has 0 heterocycles. The fraction of sp³-hybridized carbons (Fsp3) is 0.400. The lowest BCUT2D eigenvalue weighted by molar-refractivity contribution is -0.114. The SMILES string of the molecule is O=C1C=C(Cl)[C@H](O[SiH3])C1. The second-order valence-electron chi connectivity index (χ2n) is 1.92. The summed E-state index contributed by atoms with van der Waals surface area (Å²) in [6.45, 7) is 0. The highest BCUT2D eigenvalue weighted by Gasteiger charge is 2.21. The molecule has 0 aromatic heterocycles. The molecule has 1 atom stereocenters. The maximum atomic E-state index is 10.6. The van der Waals surface area contributed by atoms with Gasteiger partial charge >= 0.3 is 0 Å². The number of ketones is 1. The molecule has 0 aromatic rings. The molecular weight excluding hydrogens is 156 g/mol. The lowest BCUT2D eigenvalue weighted by Gasteiger charge is -2.05. The van der Waals surface area contributed by atoms with Crippen LogP contribution in [-0.2, 0) is 9.22 Å². The highest BCUT2D eigenvalue weighted by molar-refractivity contribution is 6.33. The van der Waals surface area contributed by atoms with Crippen LogP contribution in [-0.4, -0.2) is 22.4 Å². The third-order valence-electron chi connectivity index (χ3n) is 1.28. The fourth-order valence-electron chi connectivity index (χ4n) is 0.782. The molecule has 0 aliphatic heterocycles. The van der Waals surface area contributed by atoms with E-state index < -0.39 is 0 Å². The number of rotatable bonds is 1. The van der Waals surface area contributed by atoms with Crippen molar-refractivity contribution in [1.29, 1.82) is 0 Å². The first-order chi connectivity index (χ1) is 4.24. The summed E-state index contributed by atoms with van der Waals surface area (Å²) in [5, 5.41) is 0.551. The van der Waals surface area contributed by atoms with Gasteiger partial charge in [0.2, 0.25) is 0 Å². The van der Waals surface area contributed by atoms with Gasteiger partial charge in [-0.25, -0.2) is 0 Å². The molecule has 1 aliphatic rings. The molecule has 1 aliphatic carbocycles. The zero-order valence-electron chi connectivity index (χ0n) is 5.06.